The molecule has 0 aliphatic carbocycles. The first-order valence-electron chi connectivity index (χ1n) is 6.59. The maximum absolute atomic E-state index is 12.3. The summed E-state index contributed by atoms with van der Waals surface area (Å²) in [6.07, 6.45) is 1.81. The van der Waals surface area contributed by atoms with Gasteiger partial charge in [0, 0.05) is 28.6 Å². The number of aromatic nitrogens is 3. The zero-order chi connectivity index (χ0) is 14.8. The van der Waals surface area contributed by atoms with Crippen molar-refractivity contribution in [1.29, 1.82) is 0 Å². The number of nitrogens with zero attached hydrogens (tertiary/aromatic N) is 3. The number of halogens is 2. The van der Waals surface area contributed by atoms with Gasteiger partial charge in [-0.1, -0.05) is 6.85 Å². The van der Waals surface area contributed by atoms with Gasteiger partial charge in [-0.3, -0.25) is 9.67 Å². The van der Waals surface area contributed by atoms with E-state index in [1.54, 1.807) is 12.1 Å². The first kappa shape index (κ1) is 8.33. The highest BCUT2D eigenvalue weighted by Gasteiger charge is 2.12. The van der Waals surface area contributed by atoms with Crippen molar-refractivity contribution in [2.75, 3.05) is 0 Å². The standard InChI is InChI=1S/C12H13F2N3/c1-9(10-2-5-15-6-3-10)11-4-7-17(16-11)8-12(13)14/h2-7,9,12H,8H2,1H3/t9-/m0/s1/i1D3. The first-order chi connectivity index (χ1) is 9.38. The average molecular weight is 240 g/mol. The van der Waals surface area contributed by atoms with Crippen LogP contribution in [0.5, 0.6) is 0 Å². The van der Waals surface area contributed by atoms with E-state index in [9.17, 15) is 8.78 Å². The molecule has 90 valence electrons. The van der Waals surface area contributed by atoms with Gasteiger partial charge >= 0.3 is 0 Å². The molecule has 2 aromatic rings. The maximum atomic E-state index is 12.3. The van der Waals surface area contributed by atoms with Crippen LogP contribution in [-0.4, -0.2) is 21.2 Å². The molecule has 3 nitrogen and oxygen atoms in total. The Morgan fingerprint density at radius 2 is 2.12 bits per heavy atom. The maximum Gasteiger partial charge on any atom is 0.257 e. The van der Waals surface area contributed by atoms with Crippen LogP contribution in [0, 0.1) is 0 Å². The number of pyridine rings is 1. The molecular formula is C12H13F2N3. The molecule has 0 amide bonds. The summed E-state index contributed by atoms with van der Waals surface area (Å²) >= 11 is 0. The highest BCUT2D eigenvalue weighted by atomic mass is 19.3. The van der Waals surface area contributed by atoms with Crippen LogP contribution in [0.3, 0.4) is 0 Å². The monoisotopic (exact) mass is 240 g/mol. The number of hydrogen-bond acceptors (Lipinski definition) is 2. The first-order valence-corrected chi connectivity index (χ1v) is 5.09. The molecule has 0 saturated carbocycles. The van der Waals surface area contributed by atoms with Crippen LogP contribution >= 0.6 is 0 Å². The Bertz CT molecular complexity index is 555. The Balaban J connectivity index is 2.35. The Morgan fingerprint density at radius 3 is 2.76 bits per heavy atom. The summed E-state index contributed by atoms with van der Waals surface area (Å²) in [4.78, 5) is 3.84. The van der Waals surface area contributed by atoms with Crippen molar-refractivity contribution in [2.45, 2.75) is 25.7 Å². The fourth-order valence-corrected chi connectivity index (χ4v) is 1.50. The molecule has 0 aromatic carbocycles. The minimum Gasteiger partial charge on any atom is -0.267 e. The van der Waals surface area contributed by atoms with Crippen LogP contribution in [0.1, 0.15) is 28.1 Å². The van der Waals surface area contributed by atoms with Crippen molar-refractivity contribution in [3.05, 3.63) is 48.0 Å². The zero-order valence-electron chi connectivity index (χ0n) is 11.9. The quantitative estimate of drug-likeness (QED) is 0.822. The molecule has 0 radical (unpaired) electrons. The summed E-state index contributed by atoms with van der Waals surface area (Å²) < 4.78 is 48.6. The average Bonchev–Trinajstić information content (AvgIpc) is 2.76. The fraction of sp³-hybridized carbons (Fsp3) is 0.333. The smallest absolute Gasteiger partial charge is 0.257 e. The van der Waals surface area contributed by atoms with E-state index in [0.29, 0.717) is 5.56 Å². The Kier molecular flexibility index (Phi) is 2.47. The van der Waals surface area contributed by atoms with E-state index < -0.39 is 25.7 Å². The highest BCUT2D eigenvalue weighted by molar-refractivity contribution is 5.24. The van der Waals surface area contributed by atoms with Gasteiger partial charge in [0.2, 0.25) is 0 Å². The van der Waals surface area contributed by atoms with E-state index >= 15 is 0 Å². The van der Waals surface area contributed by atoms with Gasteiger partial charge in [0.25, 0.3) is 6.43 Å². The Morgan fingerprint density at radius 1 is 1.35 bits per heavy atom. The second kappa shape index (κ2) is 5.03. The predicted octanol–water partition coefficient (Wildman–Crippen LogP) is 2.70. The lowest BCUT2D eigenvalue weighted by atomic mass is 9.99. The Hall–Kier alpha value is -1.78. The van der Waals surface area contributed by atoms with Gasteiger partial charge < -0.3 is 0 Å². The van der Waals surface area contributed by atoms with Gasteiger partial charge in [0.1, 0.15) is 6.54 Å². The van der Waals surface area contributed by atoms with E-state index in [1.807, 2.05) is 0 Å². The number of rotatable bonds is 4. The molecule has 2 heterocycles. The molecule has 0 aliphatic rings. The molecule has 17 heavy (non-hydrogen) atoms. The molecule has 2 aromatic heterocycles. The third kappa shape index (κ3) is 2.87. The van der Waals surface area contributed by atoms with Gasteiger partial charge in [0.05, 0.1) is 5.69 Å². The molecule has 0 aliphatic heterocycles. The second-order valence-electron chi connectivity index (χ2n) is 3.57. The highest BCUT2D eigenvalue weighted by Crippen LogP contribution is 2.21. The Labute approximate surface area is 102 Å². The topological polar surface area (TPSA) is 30.7 Å². The normalized spacial score (nSPS) is 16.3. The summed E-state index contributed by atoms with van der Waals surface area (Å²) in [5.41, 5.74) is 0.777. The van der Waals surface area contributed by atoms with E-state index in [1.165, 1.54) is 24.7 Å². The third-order valence-electron chi connectivity index (χ3n) is 2.32. The predicted molar refractivity (Wildman–Crippen MR) is 60.0 cm³/mol. The van der Waals surface area contributed by atoms with Crippen molar-refractivity contribution < 1.29 is 12.9 Å². The number of alkyl halides is 2. The molecular weight excluding hydrogens is 224 g/mol. The minimum absolute atomic E-state index is 0.247. The van der Waals surface area contributed by atoms with E-state index in [4.69, 9.17) is 4.11 Å². The van der Waals surface area contributed by atoms with Crippen LogP contribution in [0.25, 0.3) is 0 Å². The lowest BCUT2D eigenvalue weighted by molar-refractivity contribution is 0.121. The van der Waals surface area contributed by atoms with Crippen molar-refractivity contribution in [3.8, 4) is 0 Å². The van der Waals surface area contributed by atoms with E-state index in [-0.39, 0.29) is 5.69 Å². The van der Waals surface area contributed by atoms with Crippen molar-refractivity contribution >= 4 is 0 Å². The zero-order valence-corrected chi connectivity index (χ0v) is 8.92. The number of hydrogen-bond donors (Lipinski definition) is 0. The van der Waals surface area contributed by atoms with Crippen molar-refractivity contribution in [1.82, 2.24) is 14.8 Å². The minimum atomic E-state index is -2.53. The van der Waals surface area contributed by atoms with Gasteiger partial charge in [0.15, 0.2) is 0 Å². The summed E-state index contributed by atoms with van der Waals surface area (Å²) in [6.45, 7) is -2.87. The second-order valence-corrected chi connectivity index (χ2v) is 3.57. The van der Waals surface area contributed by atoms with Gasteiger partial charge in [-0.05, 0) is 23.8 Å². The summed E-state index contributed by atoms with van der Waals surface area (Å²) in [7, 11) is 0. The lowest BCUT2D eigenvalue weighted by Gasteiger charge is -2.08. The third-order valence-corrected chi connectivity index (χ3v) is 2.32. The molecule has 0 fully saturated rings. The molecule has 0 bridgehead atoms. The molecule has 0 unspecified atom stereocenters. The van der Waals surface area contributed by atoms with Crippen molar-refractivity contribution in [2.24, 2.45) is 0 Å². The van der Waals surface area contributed by atoms with Crippen LogP contribution in [0.2, 0.25) is 0 Å². The molecule has 1 atom stereocenters. The van der Waals surface area contributed by atoms with Crippen LogP contribution in [-0.2, 0) is 6.54 Å². The lowest BCUT2D eigenvalue weighted by Crippen LogP contribution is -2.08. The van der Waals surface area contributed by atoms with E-state index in [0.717, 1.165) is 4.68 Å². The summed E-state index contributed by atoms with van der Waals surface area (Å²) in [5.74, 6) is -0.954. The SMILES string of the molecule is [2H]C([2H])([2H])[C@@H](c1ccncc1)c1ccn(CC(F)F)n1. The van der Waals surface area contributed by atoms with Crippen LogP contribution in [0.15, 0.2) is 36.8 Å². The van der Waals surface area contributed by atoms with Crippen molar-refractivity contribution in [3.63, 3.8) is 0 Å². The largest absolute Gasteiger partial charge is 0.267 e. The molecule has 2 rings (SSSR count). The van der Waals surface area contributed by atoms with E-state index in [2.05, 4.69) is 10.1 Å². The van der Waals surface area contributed by atoms with Gasteiger partial charge in [-0.25, -0.2) is 8.78 Å². The van der Waals surface area contributed by atoms with Gasteiger partial charge in [-0.2, -0.15) is 5.10 Å². The van der Waals surface area contributed by atoms with Crippen LogP contribution in [0.4, 0.5) is 8.78 Å². The summed E-state index contributed by atoms with van der Waals surface area (Å²) in [6, 6.07) is 4.63. The summed E-state index contributed by atoms with van der Waals surface area (Å²) in [5, 5.41) is 3.95. The van der Waals surface area contributed by atoms with Crippen LogP contribution < -0.4 is 0 Å². The van der Waals surface area contributed by atoms with Gasteiger partial charge in [-0.15, -0.1) is 0 Å². The molecule has 0 spiro atoms. The molecule has 0 saturated heterocycles. The molecule has 5 heteroatoms. The fourth-order valence-electron chi connectivity index (χ4n) is 1.50. The molecule has 0 N–H and O–H groups in total.